The molecule has 57 heavy (non-hydrogen) atoms. The highest BCUT2D eigenvalue weighted by atomic mass is 31.2. The van der Waals surface area contributed by atoms with Gasteiger partial charge >= 0.3 is 27.4 Å². The van der Waals surface area contributed by atoms with Gasteiger partial charge in [0.15, 0.2) is 5.96 Å². The highest BCUT2D eigenvalue weighted by molar-refractivity contribution is 7.72. The Morgan fingerprint density at radius 2 is 1.47 bits per heavy atom. The first-order chi connectivity index (χ1) is 26.8. The van der Waals surface area contributed by atoms with E-state index < -0.39 is 81.7 Å². The molecule has 0 saturated carbocycles. The van der Waals surface area contributed by atoms with E-state index in [1.165, 1.54) is 29.2 Å². The molecule has 2 atom stereocenters. The van der Waals surface area contributed by atoms with Gasteiger partial charge in [-0.25, -0.2) is 9.59 Å². The Bertz CT molecular complexity index is 1800. The first-order valence-corrected chi connectivity index (χ1v) is 20.8. The van der Waals surface area contributed by atoms with E-state index in [4.69, 9.17) is 20.9 Å². The summed E-state index contributed by atoms with van der Waals surface area (Å²) in [6.45, 7) is -0.543. The lowest BCUT2D eigenvalue weighted by atomic mass is 10.1. The van der Waals surface area contributed by atoms with Gasteiger partial charge < -0.3 is 71.8 Å². The van der Waals surface area contributed by atoms with E-state index >= 15 is 0 Å². The zero-order valence-corrected chi connectivity index (χ0v) is 32.5. The van der Waals surface area contributed by atoms with Crippen molar-refractivity contribution in [3.63, 3.8) is 0 Å². The monoisotopic (exact) mass is 842 g/mol. The van der Waals surface area contributed by atoms with Crippen LogP contribution in [0.3, 0.4) is 0 Å². The van der Waals surface area contributed by atoms with Gasteiger partial charge in [0.2, 0.25) is 17.7 Å². The van der Waals surface area contributed by atoms with E-state index in [1.54, 1.807) is 24.3 Å². The SMILES string of the molecule is NC(N)=NCCC[C@H](NC(=O)[C@@H]1CCCN1C(=O)CNC(=O)OCc1ccccc1)C(=O)Nc1ccc(COC(=O)NCCCC(O)(P(=O)(O)O)P(=O)(O)O)cc1. The summed E-state index contributed by atoms with van der Waals surface area (Å²) in [5.74, 6) is -1.80. The summed E-state index contributed by atoms with van der Waals surface area (Å²) >= 11 is 0. The fraction of sp³-hybridized carbons (Fsp3) is 0.455. The maximum absolute atomic E-state index is 13.5. The molecule has 0 bridgehead atoms. The molecule has 24 heteroatoms. The minimum Gasteiger partial charge on any atom is -0.445 e. The average Bonchev–Trinajstić information content (AvgIpc) is 3.65. The van der Waals surface area contributed by atoms with Gasteiger partial charge in [0, 0.05) is 31.7 Å². The quantitative estimate of drug-likeness (QED) is 0.0364. The van der Waals surface area contributed by atoms with Crippen LogP contribution in [0.25, 0.3) is 0 Å². The van der Waals surface area contributed by atoms with Crippen LogP contribution in [0.2, 0.25) is 0 Å². The van der Waals surface area contributed by atoms with Gasteiger partial charge in [-0.05, 0) is 55.4 Å². The molecule has 0 aliphatic carbocycles. The second kappa shape index (κ2) is 21.4. The molecule has 1 fully saturated rings. The predicted octanol–water partition coefficient (Wildman–Crippen LogP) is 0.0888. The normalized spacial score (nSPS) is 14.8. The van der Waals surface area contributed by atoms with Crippen LogP contribution in [-0.4, -0.2) is 109 Å². The number of benzene rings is 2. The number of hydrogen-bond donors (Lipinski definition) is 11. The molecule has 1 aliphatic heterocycles. The largest absolute Gasteiger partial charge is 0.445 e. The van der Waals surface area contributed by atoms with E-state index in [9.17, 15) is 57.8 Å². The molecule has 1 aliphatic rings. The number of aliphatic imine (C=N–C) groups is 1. The number of nitrogens with one attached hydrogen (secondary N) is 4. The summed E-state index contributed by atoms with van der Waals surface area (Å²) in [5, 5.41) is 16.4. The van der Waals surface area contributed by atoms with Crippen LogP contribution in [-0.2, 0) is 46.2 Å². The number of nitrogens with two attached hydrogens (primary N) is 2. The highest BCUT2D eigenvalue weighted by Gasteiger charge is 2.58. The summed E-state index contributed by atoms with van der Waals surface area (Å²) in [4.78, 5) is 106. The fourth-order valence-corrected chi connectivity index (χ4v) is 7.75. The smallest absolute Gasteiger partial charge is 0.407 e. The molecule has 1 saturated heterocycles. The standard InChI is InChI=1S/C33H48N8O14P2/c34-30(35)36-16-4-9-25(40-29(44)26-10-5-18-41(26)27(42)19-38-32(46)55-20-22-7-2-1-3-8-22)28(43)39-24-13-11-23(12-14-24)21-54-31(45)37-17-6-15-33(47,56(48,49)50)57(51,52)53/h1-3,7-8,11-14,25-26,47H,4-6,9-10,15-21H2,(H,37,45)(H,38,46)(H,39,43)(H,40,44)(H4,34,35,36)(H2,48,49,50)(H2,51,52,53)/t25-,26-/m0/s1. The molecule has 0 unspecified atom stereocenters. The van der Waals surface area contributed by atoms with Crippen LogP contribution in [0.1, 0.15) is 49.7 Å². The summed E-state index contributed by atoms with van der Waals surface area (Å²) in [5.41, 5.74) is 12.4. The van der Waals surface area contributed by atoms with Gasteiger partial charge in [-0.1, -0.05) is 42.5 Å². The van der Waals surface area contributed by atoms with Gasteiger partial charge in [-0.2, -0.15) is 0 Å². The molecule has 2 aromatic carbocycles. The van der Waals surface area contributed by atoms with Crippen molar-refractivity contribution in [3.05, 3.63) is 65.7 Å². The van der Waals surface area contributed by atoms with Crippen molar-refractivity contribution in [2.75, 3.05) is 31.5 Å². The Balaban J connectivity index is 1.52. The number of anilines is 1. The molecule has 0 radical (unpaired) electrons. The lowest BCUT2D eigenvalue weighted by molar-refractivity contribution is -0.138. The van der Waals surface area contributed by atoms with Crippen LogP contribution in [0, 0.1) is 0 Å². The summed E-state index contributed by atoms with van der Waals surface area (Å²) < 4.78 is 33.1. The number of nitrogens with zero attached hydrogens (tertiary/aromatic N) is 2. The van der Waals surface area contributed by atoms with Crippen molar-refractivity contribution in [2.45, 2.75) is 68.9 Å². The second-order valence-electron chi connectivity index (χ2n) is 12.8. The molecular weight excluding hydrogens is 794 g/mol. The average molecular weight is 843 g/mol. The molecule has 2 aromatic rings. The predicted molar refractivity (Wildman–Crippen MR) is 203 cm³/mol. The molecule has 5 amide bonds. The minimum absolute atomic E-state index is 0.0111. The van der Waals surface area contributed by atoms with Crippen molar-refractivity contribution in [1.82, 2.24) is 20.9 Å². The Morgan fingerprint density at radius 1 is 0.877 bits per heavy atom. The zero-order valence-electron chi connectivity index (χ0n) is 30.7. The maximum Gasteiger partial charge on any atom is 0.407 e. The number of carbonyl (C=O) groups is 5. The third-order valence-electron chi connectivity index (χ3n) is 8.53. The molecule has 314 valence electrons. The lowest BCUT2D eigenvalue weighted by Crippen LogP contribution is -2.53. The minimum atomic E-state index is -5.62. The van der Waals surface area contributed by atoms with Crippen LogP contribution in [0.5, 0.6) is 0 Å². The first-order valence-electron chi connectivity index (χ1n) is 17.5. The lowest BCUT2D eigenvalue weighted by Gasteiger charge is -2.29. The summed E-state index contributed by atoms with van der Waals surface area (Å²) in [6, 6.07) is 13.1. The molecule has 22 nitrogen and oxygen atoms in total. The van der Waals surface area contributed by atoms with E-state index in [-0.39, 0.29) is 45.2 Å². The van der Waals surface area contributed by atoms with E-state index in [0.717, 1.165) is 5.56 Å². The van der Waals surface area contributed by atoms with E-state index in [0.29, 0.717) is 30.5 Å². The number of aliphatic hydroxyl groups is 1. The van der Waals surface area contributed by atoms with Gasteiger partial charge in [-0.3, -0.25) is 28.5 Å². The molecule has 0 spiro atoms. The molecule has 0 aromatic heterocycles. The van der Waals surface area contributed by atoms with Gasteiger partial charge in [0.1, 0.15) is 31.8 Å². The first kappa shape index (κ1) is 46.3. The van der Waals surface area contributed by atoms with Gasteiger partial charge in [-0.15, -0.1) is 0 Å². The number of alkyl carbamates (subject to hydrolysis) is 2. The number of carbonyl (C=O) groups excluding carboxylic acids is 5. The fourth-order valence-electron chi connectivity index (χ4n) is 5.49. The van der Waals surface area contributed by atoms with Crippen molar-refractivity contribution >= 4 is 56.7 Å². The van der Waals surface area contributed by atoms with E-state index in [2.05, 4.69) is 26.3 Å². The third-order valence-corrected chi connectivity index (χ3v) is 12.4. The Labute approximate surface area is 327 Å². The molecule has 3 rings (SSSR count). The van der Waals surface area contributed by atoms with Crippen LogP contribution in [0.15, 0.2) is 59.6 Å². The molecule has 13 N–H and O–H groups in total. The van der Waals surface area contributed by atoms with Crippen molar-refractivity contribution in [3.8, 4) is 0 Å². The molecule has 1 heterocycles. The topological polar surface area (TPSA) is 355 Å². The number of ether oxygens (including phenoxy) is 2. The Morgan fingerprint density at radius 3 is 2.07 bits per heavy atom. The highest BCUT2D eigenvalue weighted by Crippen LogP contribution is 2.69. The van der Waals surface area contributed by atoms with Gasteiger partial charge in [0.05, 0.1) is 0 Å². The Hall–Kier alpha value is -5.08. The number of rotatable bonds is 20. The van der Waals surface area contributed by atoms with E-state index in [1.807, 2.05) is 6.07 Å². The third kappa shape index (κ3) is 14.7. The van der Waals surface area contributed by atoms with Crippen LogP contribution < -0.4 is 32.7 Å². The zero-order chi connectivity index (χ0) is 42.2. The number of likely N-dealkylation sites (tertiary alicyclic amines) is 1. The number of hydrogen-bond acceptors (Lipinski definition) is 11. The van der Waals surface area contributed by atoms with Crippen molar-refractivity contribution in [2.24, 2.45) is 16.5 Å². The number of amides is 5. The van der Waals surface area contributed by atoms with Crippen molar-refractivity contribution in [1.29, 1.82) is 0 Å². The van der Waals surface area contributed by atoms with Crippen molar-refractivity contribution < 1.29 is 67.3 Å². The maximum atomic E-state index is 13.5. The Kier molecular flexibility index (Phi) is 17.4. The van der Waals surface area contributed by atoms with Crippen LogP contribution in [0.4, 0.5) is 15.3 Å². The summed E-state index contributed by atoms with van der Waals surface area (Å²) in [6.07, 6.45) is -1.90. The number of guanidine groups is 1. The second-order valence-corrected chi connectivity index (χ2v) is 16.8. The van der Waals surface area contributed by atoms with Gasteiger partial charge in [0.25, 0.3) is 5.08 Å². The van der Waals surface area contributed by atoms with Crippen LogP contribution >= 0.6 is 15.2 Å². The molecular formula is C33H48N8O14P2. The summed E-state index contributed by atoms with van der Waals surface area (Å²) in [7, 11) is -11.2.